The SMILES string of the molecule is O=C(NC(c1ccccc1)c1cccc(OC(=O)c2cccc(CN3CCS[C@]3(C(=O)O)[C@@H](Cc3c(Cl)c[n+]([O-])cc3Cl)c3ccc(OC(F)F)c(OCC4CC4)c3)c2)c1)O[C@H]1CN2CCC1CC2. The highest BCUT2D eigenvalue weighted by Gasteiger charge is 2.55. The van der Waals surface area contributed by atoms with E-state index in [4.69, 9.17) is 42.1 Å². The van der Waals surface area contributed by atoms with Gasteiger partial charge in [-0.3, -0.25) is 9.80 Å². The summed E-state index contributed by atoms with van der Waals surface area (Å²) >= 11 is 14.4. The van der Waals surface area contributed by atoms with Gasteiger partial charge in [-0.1, -0.05) is 83.9 Å². The van der Waals surface area contributed by atoms with Crippen molar-refractivity contribution in [3.05, 3.63) is 158 Å². The molecule has 0 radical (unpaired) electrons. The number of nitrogens with zero attached hydrogens (tertiary/aromatic N) is 3. The molecule has 1 aliphatic carbocycles. The number of thioether (sulfide) groups is 1. The van der Waals surface area contributed by atoms with Crippen LogP contribution in [0.2, 0.25) is 10.0 Å². The molecule has 1 unspecified atom stereocenters. The summed E-state index contributed by atoms with van der Waals surface area (Å²) in [5.41, 5.74) is 3.04. The number of pyridine rings is 1. The van der Waals surface area contributed by atoms with Gasteiger partial charge in [0.1, 0.15) is 21.9 Å². The van der Waals surface area contributed by atoms with Crippen LogP contribution in [0.15, 0.2) is 109 Å². The third kappa shape index (κ3) is 11.2. The standard InChI is InChI=1S/C51H50Cl2F2N4O9S/c52-41-27-59(64)28-42(53)39(41)25-40(35-14-15-43(67-49(54)55)44(24-35)65-30-31-12-13-31)51(48(61)62)58(20-21-69-51)26-32-6-4-10-37(22-32)47(60)66-38-11-5-9-36(23-38)46(34-7-2-1-3-8-34)56-50(63)68-45-29-57-18-16-33(45)17-19-57/h1-11,14-15,22-24,27-28,31,33,40,45-46,49H,12-13,16-21,25-26,29-30H2,(H,56,63)(H,61,62)/t40-,45-,46?,51-/m0/s1. The van der Waals surface area contributed by atoms with Crippen LogP contribution in [0.3, 0.4) is 0 Å². The molecule has 69 heavy (non-hydrogen) atoms. The van der Waals surface area contributed by atoms with E-state index < -0.39 is 41.5 Å². The number of nitrogens with one attached hydrogen (secondary N) is 1. The molecule has 4 atom stereocenters. The summed E-state index contributed by atoms with van der Waals surface area (Å²) in [5, 5.41) is 26.8. The number of benzene rings is 4. The monoisotopic (exact) mass is 1000 g/mol. The van der Waals surface area contributed by atoms with Crippen LogP contribution >= 0.6 is 35.0 Å². The van der Waals surface area contributed by atoms with Gasteiger partial charge in [-0.25, -0.2) is 14.4 Å². The van der Waals surface area contributed by atoms with E-state index in [2.05, 4.69) is 10.2 Å². The lowest BCUT2D eigenvalue weighted by atomic mass is 9.84. The van der Waals surface area contributed by atoms with Crippen LogP contribution in [0.5, 0.6) is 17.2 Å². The van der Waals surface area contributed by atoms with Gasteiger partial charge < -0.3 is 34.6 Å². The number of hydrogen-bond donors (Lipinski definition) is 2. The number of carbonyl (C=O) groups is 3. The first kappa shape index (κ1) is 48.4. The van der Waals surface area contributed by atoms with Gasteiger partial charge in [0.2, 0.25) is 0 Å². The third-order valence-corrected chi connectivity index (χ3v) is 15.5. The Morgan fingerprint density at radius 3 is 2.30 bits per heavy atom. The van der Waals surface area contributed by atoms with Gasteiger partial charge in [-0.15, -0.1) is 11.8 Å². The lowest BCUT2D eigenvalue weighted by Crippen LogP contribution is -2.53. The van der Waals surface area contributed by atoms with Gasteiger partial charge in [0, 0.05) is 36.9 Å². The van der Waals surface area contributed by atoms with Crippen molar-refractivity contribution in [3.63, 3.8) is 0 Å². The van der Waals surface area contributed by atoms with Crippen LogP contribution in [-0.2, 0) is 22.5 Å². The minimum absolute atomic E-state index is 0.0196. The highest BCUT2D eigenvalue weighted by atomic mass is 35.5. The second-order valence-corrected chi connectivity index (χ2v) is 20.0. The first-order valence-electron chi connectivity index (χ1n) is 22.9. The number of fused-ring (bicyclic) bond motifs is 3. The Morgan fingerprint density at radius 2 is 1.61 bits per heavy atom. The van der Waals surface area contributed by atoms with E-state index in [1.165, 1.54) is 30.0 Å². The molecule has 18 heteroatoms. The molecule has 1 saturated carbocycles. The molecular formula is C51H50Cl2F2N4O9S. The third-order valence-electron chi connectivity index (χ3n) is 13.3. The molecule has 5 aliphatic rings. The molecular weight excluding hydrogens is 954 g/mol. The Kier molecular flexibility index (Phi) is 14.8. The zero-order valence-electron chi connectivity index (χ0n) is 37.3. The number of esters is 1. The molecule has 4 aliphatic heterocycles. The maximum Gasteiger partial charge on any atom is 0.408 e. The predicted octanol–water partition coefficient (Wildman–Crippen LogP) is 9.50. The minimum Gasteiger partial charge on any atom is -0.619 e. The summed E-state index contributed by atoms with van der Waals surface area (Å²) < 4.78 is 50.4. The lowest BCUT2D eigenvalue weighted by Gasteiger charge is -2.43. The molecule has 5 heterocycles. The van der Waals surface area contributed by atoms with E-state index in [0.717, 1.165) is 63.3 Å². The van der Waals surface area contributed by atoms with Crippen molar-refractivity contribution in [2.45, 2.75) is 68.2 Å². The van der Waals surface area contributed by atoms with E-state index in [-0.39, 0.29) is 64.5 Å². The van der Waals surface area contributed by atoms with E-state index in [0.29, 0.717) is 45.2 Å². The quantitative estimate of drug-likeness (QED) is 0.0372. The first-order valence-corrected chi connectivity index (χ1v) is 24.6. The molecule has 5 aromatic rings. The Morgan fingerprint density at radius 1 is 0.870 bits per heavy atom. The Bertz CT molecular complexity index is 2650. The summed E-state index contributed by atoms with van der Waals surface area (Å²) in [6.45, 7) is 0.275. The van der Waals surface area contributed by atoms with Crippen LogP contribution in [0.4, 0.5) is 13.6 Å². The van der Waals surface area contributed by atoms with Gasteiger partial charge in [0.25, 0.3) is 0 Å². The average Bonchev–Trinajstić information content (AvgIpc) is 4.08. The maximum atomic E-state index is 14.0. The molecule has 0 spiro atoms. The number of carboxylic acid groups (broad SMARTS) is 1. The van der Waals surface area contributed by atoms with Crippen LogP contribution in [0, 0.1) is 17.0 Å². The van der Waals surface area contributed by atoms with Crippen molar-refractivity contribution in [2.75, 3.05) is 38.5 Å². The number of carbonyl (C=O) groups excluding carboxylic acids is 2. The van der Waals surface area contributed by atoms with E-state index in [1.807, 2.05) is 36.4 Å². The molecule has 4 aromatic carbocycles. The van der Waals surface area contributed by atoms with Gasteiger partial charge in [-0.05, 0) is 116 Å². The second kappa shape index (κ2) is 21.1. The number of piperidine rings is 3. The maximum absolute atomic E-state index is 14.0. The number of alkyl carbamates (subject to hydrolysis) is 1. The summed E-state index contributed by atoms with van der Waals surface area (Å²) in [6.07, 6.45) is 5.35. The number of hydrogen-bond acceptors (Lipinski definition) is 11. The van der Waals surface area contributed by atoms with Crippen LogP contribution in [-0.4, -0.2) is 89.1 Å². The molecule has 2 N–H and O–H groups in total. The largest absolute Gasteiger partial charge is 0.619 e. The number of carboxylic acids is 1. The molecule has 13 nitrogen and oxygen atoms in total. The zero-order valence-corrected chi connectivity index (χ0v) is 39.6. The molecule has 2 bridgehead atoms. The number of amides is 1. The van der Waals surface area contributed by atoms with Gasteiger partial charge in [0.15, 0.2) is 28.8 Å². The number of halogens is 4. The number of alkyl halides is 2. The predicted molar refractivity (Wildman–Crippen MR) is 255 cm³/mol. The zero-order chi connectivity index (χ0) is 48.2. The topological polar surface area (TPSA) is 154 Å². The van der Waals surface area contributed by atoms with Gasteiger partial charge in [0.05, 0.1) is 18.2 Å². The molecule has 362 valence electrons. The Balaban J connectivity index is 0.969. The normalized spacial score (nSPS) is 21.9. The molecule has 1 aromatic heterocycles. The van der Waals surface area contributed by atoms with Crippen LogP contribution < -0.4 is 24.3 Å². The van der Waals surface area contributed by atoms with Crippen molar-refractivity contribution in [2.24, 2.45) is 11.8 Å². The Labute approximate surface area is 412 Å². The number of ether oxygens (including phenoxy) is 4. The summed E-state index contributed by atoms with van der Waals surface area (Å²) in [7, 11) is 0. The molecule has 4 saturated heterocycles. The van der Waals surface area contributed by atoms with Crippen molar-refractivity contribution in [1.82, 2.24) is 15.1 Å². The summed E-state index contributed by atoms with van der Waals surface area (Å²) in [5.74, 6) is -1.72. The van der Waals surface area contributed by atoms with Crippen molar-refractivity contribution in [1.29, 1.82) is 0 Å². The second-order valence-electron chi connectivity index (χ2n) is 17.9. The smallest absolute Gasteiger partial charge is 0.408 e. The molecule has 5 fully saturated rings. The fraction of sp³-hybridized carbons (Fsp3) is 0.373. The first-order chi connectivity index (χ1) is 33.3. The summed E-state index contributed by atoms with van der Waals surface area (Å²) in [4.78, 5) is 43.7. The van der Waals surface area contributed by atoms with E-state index >= 15 is 0 Å². The number of aromatic nitrogens is 1. The fourth-order valence-electron chi connectivity index (χ4n) is 9.66. The summed E-state index contributed by atoms with van der Waals surface area (Å²) in [6, 6.07) is 26.9. The number of rotatable bonds is 18. The van der Waals surface area contributed by atoms with Crippen molar-refractivity contribution in [3.8, 4) is 17.2 Å². The minimum atomic E-state index is -3.13. The van der Waals surface area contributed by atoms with Gasteiger partial charge >= 0.3 is 24.6 Å². The van der Waals surface area contributed by atoms with Crippen molar-refractivity contribution >= 4 is 53.0 Å². The molecule has 1 amide bonds. The van der Waals surface area contributed by atoms with Crippen LogP contribution in [0.25, 0.3) is 0 Å². The lowest BCUT2D eigenvalue weighted by molar-refractivity contribution is -0.605. The van der Waals surface area contributed by atoms with E-state index in [9.17, 15) is 33.5 Å². The van der Waals surface area contributed by atoms with Gasteiger partial charge in [-0.2, -0.15) is 13.5 Å². The fourth-order valence-corrected chi connectivity index (χ4v) is 11.8. The Hall–Kier alpha value is -5.65. The average molecular weight is 1000 g/mol. The highest BCUT2D eigenvalue weighted by molar-refractivity contribution is 8.01. The van der Waals surface area contributed by atoms with Crippen LogP contribution in [0.1, 0.15) is 75.8 Å². The van der Waals surface area contributed by atoms with E-state index in [1.54, 1.807) is 47.4 Å². The van der Waals surface area contributed by atoms with Crippen molar-refractivity contribution < 1.29 is 51.9 Å². The molecule has 10 rings (SSSR count). The number of aliphatic carboxylic acids is 1. The highest BCUT2D eigenvalue weighted by Crippen LogP contribution is 2.51.